The fourth-order valence-electron chi connectivity index (χ4n) is 3.85. The number of anilines is 1. The third kappa shape index (κ3) is 5.60. The average molecular weight is 410 g/mol. The highest BCUT2D eigenvalue weighted by Gasteiger charge is 2.25. The van der Waals surface area contributed by atoms with Gasteiger partial charge in [-0.15, -0.1) is 0 Å². The molecule has 1 N–H and O–H groups in total. The molecule has 1 aliphatic heterocycles. The molecule has 2 aromatic carbocycles. The summed E-state index contributed by atoms with van der Waals surface area (Å²) in [6, 6.07) is 15.3. The molecule has 1 aliphatic rings. The van der Waals surface area contributed by atoms with Gasteiger partial charge in [-0.25, -0.2) is 4.79 Å². The first-order valence-electron chi connectivity index (χ1n) is 10.4. The molecule has 0 radical (unpaired) electrons. The van der Waals surface area contributed by atoms with Gasteiger partial charge < -0.3 is 15.0 Å². The van der Waals surface area contributed by atoms with Gasteiger partial charge in [-0.3, -0.25) is 9.69 Å². The Morgan fingerprint density at radius 2 is 1.70 bits per heavy atom. The largest absolute Gasteiger partial charge is 0.467 e. The quantitative estimate of drug-likeness (QED) is 0.711. The van der Waals surface area contributed by atoms with Crippen LogP contribution in [0.15, 0.2) is 48.5 Å². The standard InChI is InChI=1S/C24H31N3O3/c1-18-8-7-11-22(19(18)2)27-14-12-26(13-15-27)17-23(28)25-21(24(29)30-3)16-20-9-5-4-6-10-20/h4-11,21H,12-17H2,1-3H3,(H,25,28)/t21-/m1/s1. The Balaban J connectivity index is 1.53. The fourth-order valence-corrected chi connectivity index (χ4v) is 3.85. The Labute approximate surface area is 178 Å². The van der Waals surface area contributed by atoms with E-state index in [1.54, 1.807) is 0 Å². The number of rotatable bonds is 7. The van der Waals surface area contributed by atoms with Crippen molar-refractivity contribution >= 4 is 17.6 Å². The Kier molecular flexibility index (Phi) is 7.46. The van der Waals surface area contributed by atoms with E-state index in [2.05, 4.69) is 47.2 Å². The summed E-state index contributed by atoms with van der Waals surface area (Å²) in [6.07, 6.45) is 0.416. The van der Waals surface area contributed by atoms with Crippen LogP contribution in [0.25, 0.3) is 0 Å². The van der Waals surface area contributed by atoms with E-state index >= 15 is 0 Å². The van der Waals surface area contributed by atoms with Crippen molar-refractivity contribution in [2.24, 2.45) is 0 Å². The first-order valence-corrected chi connectivity index (χ1v) is 10.4. The third-order valence-electron chi connectivity index (χ3n) is 5.76. The molecular formula is C24H31N3O3. The lowest BCUT2D eigenvalue weighted by molar-refractivity contribution is -0.145. The molecule has 160 valence electrons. The minimum atomic E-state index is -0.680. The van der Waals surface area contributed by atoms with Crippen molar-refractivity contribution in [3.8, 4) is 0 Å². The molecule has 0 aromatic heterocycles. The van der Waals surface area contributed by atoms with Crippen molar-refractivity contribution in [2.75, 3.05) is 44.7 Å². The van der Waals surface area contributed by atoms with E-state index in [1.165, 1.54) is 23.9 Å². The van der Waals surface area contributed by atoms with Crippen LogP contribution in [0.5, 0.6) is 0 Å². The zero-order valence-corrected chi connectivity index (χ0v) is 18.1. The minimum absolute atomic E-state index is 0.151. The topological polar surface area (TPSA) is 61.9 Å². The number of piperazine rings is 1. The minimum Gasteiger partial charge on any atom is -0.467 e. The highest BCUT2D eigenvalue weighted by molar-refractivity contribution is 5.85. The Bertz CT molecular complexity index is 861. The Hall–Kier alpha value is -2.86. The highest BCUT2D eigenvalue weighted by Crippen LogP contribution is 2.23. The molecule has 2 aromatic rings. The molecule has 3 rings (SSSR count). The zero-order valence-electron chi connectivity index (χ0n) is 18.1. The number of carbonyl (C=O) groups is 2. The molecule has 0 bridgehead atoms. The van der Waals surface area contributed by atoms with Crippen LogP contribution in [-0.2, 0) is 20.7 Å². The predicted molar refractivity (Wildman–Crippen MR) is 119 cm³/mol. The molecule has 1 atom stereocenters. The number of hydrogen-bond donors (Lipinski definition) is 1. The van der Waals surface area contributed by atoms with Gasteiger partial charge in [0.05, 0.1) is 13.7 Å². The lowest BCUT2D eigenvalue weighted by Gasteiger charge is -2.36. The maximum Gasteiger partial charge on any atom is 0.328 e. The summed E-state index contributed by atoms with van der Waals surface area (Å²) in [4.78, 5) is 29.3. The molecular weight excluding hydrogens is 378 g/mol. The van der Waals surface area contributed by atoms with Crippen LogP contribution < -0.4 is 10.2 Å². The molecule has 1 heterocycles. The molecule has 0 unspecified atom stereocenters. The van der Waals surface area contributed by atoms with Gasteiger partial charge in [0.2, 0.25) is 5.91 Å². The van der Waals surface area contributed by atoms with Gasteiger partial charge in [-0.05, 0) is 36.6 Å². The molecule has 6 nitrogen and oxygen atoms in total. The Morgan fingerprint density at radius 3 is 2.37 bits per heavy atom. The number of esters is 1. The van der Waals surface area contributed by atoms with Crippen LogP contribution in [-0.4, -0.2) is 62.7 Å². The molecule has 30 heavy (non-hydrogen) atoms. The Morgan fingerprint density at radius 1 is 1.00 bits per heavy atom. The van der Waals surface area contributed by atoms with E-state index in [9.17, 15) is 9.59 Å². The maximum atomic E-state index is 12.6. The van der Waals surface area contributed by atoms with Crippen LogP contribution >= 0.6 is 0 Å². The van der Waals surface area contributed by atoms with Crippen molar-refractivity contribution in [1.29, 1.82) is 0 Å². The van der Waals surface area contributed by atoms with Crippen LogP contribution in [0.1, 0.15) is 16.7 Å². The number of hydrogen-bond acceptors (Lipinski definition) is 5. The molecule has 1 fully saturated rings. The summed E-state index contributed by atoms with van der Waals surface area (Å²) in [5.41, 5.74) is 4.86. The van der Waals surface area contributed by atoms with E-state index in [-0.39, 0.29) is 12.5 Å². The summed E-state index contributed by atoms with van der Waals surface area (Å²) in [5.74, 6) is -0.575. The van der Waals surface area contributed by atoms with Crippen molar-refractivity contribution < 1.29 is 14.3 Å². The molecule has 1 amide bonds. The van der Waals surface area contributed by atoms with Crippen LogP contribution in [0, 0.1) is 13.8 Å². The summed E-state index contributed by atoms with van der Waals surface area (Å²) < 4.78 is 4.89. The van der Waals surface area contributed by atoms with E-state index in [4.69, 9.17) is 4.74 Å². The smallest absolute Gasteiger partial charge is 0.328 e. The van der Waals surface area contributed by atoms with Crippen molar-refractivity contribution in [3.63, 3.8) is 0 Å². The number of carbonyl (C=O) groups excluding carboxylic acids is 2. The van der Waals surface area contributed by atoms with Crippen LogP contribution in [0.3, 0.4) is 0 Å². The third-order valence-corrected chi connectivity index (χ3v) is 5.76. The van der Waals surface area contributed by atoms with E-state index in [1.807, 2.05) is 30.3 Å². The van der Waals surface area contributed by atoms with Gasteiger partial charge in [0.1, 0.15) is 6.04 Å². The van der Waals surface area contributed by atoms with Gasteiger partial charge in [0, 0.05) is 38.3 Å². The van der Waals surface area contributed by atoms with Crippen LogP contribution in [0.2, 0.25) is 0 Å². The molecule has 6 heteroatoms. The molecule has 0 aliphatic carbocycles. The summed E-state index contributed by atoms with van der Waals surface area (Å²) in [7, 11) is 1.35. The van der Waals surface area contributed by atoms with E-state index in [0.29, 0.717) is 6.42 Å². The molecule has 0 spiro atoms. The first kappa shape index (κ1) is 21.8. The summed E-state index contributed by atoms with van der Waals surface area (Å²) in [6.45, 7) is 7.94. The maximum absolute atomic E-state index is 12.6. The van der Waals surface area contributed by atoms with Crippen LogP contribution in [0.4, 0.5) is 5.69 Å². The predicted octanol–water partition coefficient (Wildman–Crippen LogP) is 2.33. The highest BCUT2D eigenvalue weighted by atomic mass is 16.5. The van der Waals surface area contributed by atoms with E-state index in [0.717, 1.165) is 31.7 Å². The van der Waals surface area contributed by atoms with Gasteiger partial charge in [0.15, 0.2) is 0 Å². The van der Waals surface area contributed by atoms with Crippen molar-refractivity contribution in [2.45, 2.75) is 26.3 Å². The number of aryl methyl sites for hydroxylation is 1. The van der Waals surface area contributed by atoms with Gasteiger partial charge in [-0.2, -0.15) is 0 Å². The van der Waals surface area contributed by atoms with Gasteiger partial charge in [0.25, 0.3) is 0 Å². The molecule has 1 saturated heterocycles. The van der Waals surface area contributed by atoms with Gasteiger partial charge in [-0.1, -0.05) is 42.5 Å². The first-order chi connectivity index (χ1) is 14.5. The number of nitrogens with one attached hydrogen (secondary N) is 1. The number of ether oxygens (including phenoxy) is 1. The number of methoxy groups -OCH3 is 1. The molecule has 0 saturated carbocycles. The fraction of sp³-hybridized carbons (Fsp3) is 0.417. The normalized spacial score (nSPS) is 15.5. The summed E-state index contributed by atoms with van der Waals surface area (Å²) >= 11 is 0. The number of nitrogens with zero attached hydrogens (tertiary/aromatic N) is 2. The second kappa shape index (κ2) is 10.3. The van der Waals surface area contributed by atoms with Gasteiger partial charge >= 0.3 is 5.97 Å². The number of benzene rings is 2. The lowest BCUT2D eigenvalue weighted by atomic mass is 10.1. The van der Waals surface area contributed by atoms with Crippen molar-refractivity contribution in [1.82, 2.24) is 10.2 Å². The summed E-state index contributed by atoms with van der Waals surface area (Å²) in [5, 5.41) is 2.85. The zero-order chi connectivity index (χ0) is 21.5. The average Bonchev–Trinajstić information content (AvgIpc) is 2.76. The monoisotopic (exact) mass is 409 g/mol. The van der Waals surface area contributed by atoms with Crippen molar-refractivity contribution in [3.05, 3.63) is 65.2 Å². The second-order valence-corrected chi connectivity index (χ2v) is 7.82. The SMILES string of the molecule is COC(=O)[C@@H](Cc1ccccc1)NC(=O)CN1CCN(c2cccc(C)c2C)CC1. The van der Waals surface area contributed by atoms with E-state index < -0.39 is 12.0 Å². The number of amides is 1. The second-order valence-electron chi connectivity index (χ2n) is 7.82. The lowest BCUT2D eigenvalue weighted by Crippen LogP contribution is -2.52.